The first-order chi connectivity index (χ1) is 10.7. The minimum Gasteiger partial charge on any atom is -0.496 e. The quantitative estimate of drug-likeness (QED) is 0.858. The second-order valence-corrected chi connectivity index (χ2v) is 4.54. The highest BCUT2D eigenvalue weighted by Crippen LogP contribution is 2.18. The molecule has 0 bridgehead atoms. The summed E-state index contributed by atoms with van der Waals surface area (Å²) in [4.78, 5) is 15.3. The van der Waals surface area contributed by atoms with Crippen molar-refractivity contribution in [2.75, 3.05) is 31.4 Å². The molecule has 6 nitrogen and oxygen atoms in total. The Morgan fingerprint density at radius 3 is 2.68 bits per heavy atom. The third kappa shape index (κ3) is 4.37. The van der Waals surface area contributed by atoms with Crippen molar-refractivity contribution in [3.63, 3.8) is 0 Å². The second-order valence-electron chi connectivity index (χ2n) is 4.54. The summed E-state index contributed by atoms with van der Waals surface area (Å²) in [6.45, 7) is 0.733. The third-order valence-electron chi connectivity index (χ3n) is 3.09. The van der Waals surface area contributed by atoms with E-state index >= 15 is 0 Å². The summed E-state index contributed by atoms with van der Waals surface area (Å²) in [5, 5.41) is 5.78. The summed E-state index contributed by atoms with van der Waals surface area (Å²) < 4.78 is 9.83. The lowest BCUT2D eigenvalue weighted by Crippen LogP contribution is -2.11. The fourth-order valence-electron chi connectivity index (χ4n) is 1.98. The first-order valence-corrected chi connectivity index (χ1v) is 6.89. The van der Waals surface area contributed by atoms with Crippen LogP contribution in [0.1, 0.15) is 5.56 Å². The normalized spacial score (nSPS) is 9.91. The first-order valence-electron chi connectivity index (χ1n) is 6.89. The van der Waals surface area contributed by atoms with Crippen LogP contribution in [0, 0.1) is 0 Å². The Bertz CT molecular complexity index is 614. The number of nitrogens with one attached hydrogen (secondary N) is 2. The molecular weight excluding hydrogens is 282 g/mol. The van der Waals surface area contributed by atoms with Crippen molar-refractivity contribution in [3.8, 4) is 5.75 Å². The van der Waals surface area contributed by atoms with Gasteiger partial charge in [-0.15, -0.1) is 0 Å². The standard InChI is InChI=1S/C16H19N3O3/c1-21-14-6-4-3-5-12(14)9-10-17-15-8-7-13(11-18-15)19-16(20)22-2/h3-8,11H,9-10H2,1-2H3,(H,17,18)(H,19,20). The Hall–Kier alpha value is -2.76. The van der Waals surface area contributed by atoms with Crippen LogP contribution in [0.3, 0.4) is 0 Å². The van der Waals surface area contributed by atoms with Crippen LogP contribution in [0.5, 0.6) is 5.75 Å². The molecule has 1 aromatic heterocycles. The van der Waals surface area contributed by atoms with Gasteiger partial charge < -0.3 is 14.8 Å². The van der Waals surface area contributed by atoms with Gasteiger partial charge in [-0.05, 0) is 30.2 Å². The van der Waals surface area contributed by atoms with E-state index in [1.807, 2.05) is 24.3 Å². The highest BCUT2D eigenvalue weighted by Gasteiger charge is 2.03. The molecule has 1 heterocycles. The molecule has 0 spiro atoms. The summed E-state index contributed by atoms with van der Waals surface area (Å²) in [5.74, 6) is 1.63. The number of hydrogen-bond acceptors (Lipinski definition) is 5. The molecule has 2 N–H and O–H groups in total. The van der Waals surface area contributed by atoms with Crippen molar-refractivity contribution in [2.45, 2.75) is 6.42 Å². The first kappa shape index (κ1) is 15.6. The Balaban J connectivity index is 1.85. The van der Waals surface area contributed by atoms with Crippen LogP contribution in [-0.4, -0.2) is 31.8 Å². The number of benzene rings is 1. The molecule has 0 unspecified atom stereocenters. The van der Waals surface area contributed by atoms with Crippen LogP contribution in [0.15, 0.2) is 42.6 Å². The molecule has 1 amide bonds. The molecule has 0 fully saturated rings. The van der Waals surface area contributed by atoms with Gasteiger partial charge in [-0.2, -0.15) is 0 Å². The number of para-hydroxylation sites is 1. The maximum absolute atomic E-state index is 11.1. The SMILES string of the molecule is COC(=O)Nc1ccc(NCCc2ccccc2OC)nc1. The van der Waals surface area contributed by atoms with Gasteiger partial charge in [0.05, 0.1) is 26.1 Å². The summed E-state index contributed by atoms with van der Waals surface area (Å²) in [5.41, 5.74) is 1.73. The highest BCUT2D eigenvalue weighted by atomic mass is 16.5. The van der Waals surface area contributed by atoms with Crippen molar-refractivity contribution in [2.24, 2.45) is 0 Å². The molecule has 0 atom stereocenters. The van der Waals surface area contributed by atoms with Crippen molar-refractivity contribution in [1.29, 1.82) is 0 Å². The number of carbonyl (C=O) groups is 1. The Labute approximate surface area is 129 Å². The Morgan fingerprint density at radius 1 is 1.18 bits per heavy atom. The molecule has 0 saturated heterocycles. The zero-order valence-corrected chi connectivity index (χ0v) is 12.6. The number of hydrogen-bond donors (Lipinski definition) is 2. The average molecular weight is 301 g/mol. The van der Waals surface area contributed by atoms with E-state index in [2.05, 4.69) is 20.4 Å². The van der Waals surface area contributed by atoms with Gasteiger partial charge in [-0.1, -0.05) is 18.2 Å². The van der Waals surface area contributed by atoms with Crippen LogP contribution in [0.25, 0.3) is 0 Å². The molecular formula is C16H19N3O3. The molecule has 0 radical (unpaired) electrons. The molecule has 6 heteroatoms. The van der Waals surface area contributed by atoms with E-state index < -0.39 is 6.09 Å². The van der Waals surface area contributed by atoms with Gasteiger partial charge in [-0.3, -0.25) is 5.32 Å². The summed E-state index contributed by atoms with van der Waals surface area (Å²) in [6, 6.07) is 11.5. The lowest BCUT2D eigenvalue weighted by atomic mass is 10.1. The number of carbonyl (C=O) groups excluding carboxylic acids is 1. The zero-order valence-electron chi connectivity index (χ0n) is 12.6. The Morgan fingerprint density at radius 2 is 2.00 bits per heavy atom. The number of aromatic nitrogens is 1. The second kappa shape index (κ2) is 7.87. The van der Waals surface area contributed by atoms with Crippen molar-refractivity contribution >= 4 is 17.6 Å². The van der Waals surface area contributed by atoms with E-state index in [1.54, 1.807) is 25.4 Å². The van der Waals surface area contributed by atoms with Gasteiger partial charge in [0.2, 0.25) is 0 Å². The van der Waals surface area contributed by atoms with E-state index in [1.165, 1.54) is 7.11 Å². The van der Waals surface area contributed by atoms with Gasteiger partial charge >= 0.3 is 6.09 Å². The molecule has 116 valence electrons. The molecule has 22 heavy (non-hydrogen) atoms. The van der Waals surface area contributed by atoms with Crippen molar-refractivity contribution in [1.82, 2.24) is 4.98 Å². The maximum Gasteiger partial charge on any atom is 0.411 e. The molecule has 0 aliphatic heterocycles. The number of nitrogens with zero attached hydrogens (tertiary/aromatic N) is 1. The van der Waals surface area contributed by atoms with Gasteiger partial charge in [0.25, 0.3) is 0 Å². The van der Waals surface area contributed by atoms with Crippen molar-refractivity contribution < 1.29 is 14.3 Å². The number of rotatable bonds is 6. The molecule has 2 rings (SSSR count). The number of pyridine rings is 1. The van der Waals surface area contributed by atoms with Crippen LogP contribution in [0.4, 0.5) is 16.3 Å². The largest absolute Gasteiger partial charge is 0.496 e. The summed E-state index contributed by atoms with van der Waals surface area (Å²) in [7, 11) is 2.98. The predicted molar refractivity (Wildman–Crippen MR) is 85.5 cm³/mol. The molecule has 0 saturated carbocycles. The van der Waals surface area contributed by atoms with E-state index in [-0.39, 0.29) is 0 Å². The van der Waals surface area contributed by atoms with E-state index in [9.17, 15) is 4.79 Å². The van der Waals surface area contributed by atoms with Crippen LogP contribution >= 0.6 is 0 Å². The predicted octanol–water partition coefficient (Wildman–Crippen LogP) is 2.92. The minimum atomic E-state index is -0.515. The van der Waals surface area contributed by atoms with Crippen LogP contribution in [-0.2, 0) is 11.2 Å². The fraction of sp³-hybridized carbons (Fsp3) is 0.250. The van der Waals surface area contributed by atoms with E-state index in [0.717, 1.165) is 30.1 Å². The van der Waals surface area contributed by atoms with E-state index in [0.29, 0.717) is 5.69 Å². The number of ether oxygens (including phenoxy) is 2. The van der Waals surface area contributed by atoms with Crippen LogP contribution < -0.4 is 15.4 Å². The third-order valence-corrected chi connectivity index (χ3v) is 3.09. The zero-order chi connectivity index (χ0) is 15.8. The average Bonchev–Trinajstić information content (AvgIpc) is 2.56. The Kier molecular flexibility index (Phi) is 5.59. The van der Waals surface area contributed by atoms with Crippen molar-refractivity contribution in [3.05, 3.63) is 48.2 Å². The van der Waals surface area contributed by atoms with Gasteiger partial charge in [0.15, 0.2) is 0 Å². The smallest absolute Gasteiger partial charge is 0.411 e. The summed E-state index contributed by atoms with van der Waals surface area (Å²) >= 11 is 0. The van der Waals surface area contributed by atoms with Crippen LogP contribution in [0.2, 0.25) is 0 Å². The monoisotopic (exact) mass is 301 g/mol. The van der Waals surface area contributed by atoms with Gasteiger partial charge in [-0.25, -0.2) is 9.78 Å². The fourth-order valence-corrected chi connectivity index (χ4v) is 1.98. The van der Waals surface area contributed by atoms with Gasteiger partial charge in [0.1, 0.15) is 11.6 Å². The molecule has 2 aromatic rings. The van der Waals surface area contributed by atoms with E-state index in [4.69, 9.17) is 4.74 Å². The lowest BCUT2D eigenvalue weighted by molar-refractivity contribution is 0.187. The lowest BCUT2D eigenvalue weighted by Gasteiger charge is -2.10. The maximum atomic E-state index is 11.1. The topological polar surface area (TPSA) is 72.5 Å². The summed E-state index contributed by atoms with van der Waals surface area (Å²) in [6.07, 6.45) is 1.88. The number of methoxy groups -OCH3 is 2. The number of amides is 1. The molecule has 1 aromatic carbocycles. The van der Waals surface area contributed by atoms with Gasteiger partial charge in [0, 0.05) is 6.54 Å². The minimum absolute atomic E-state index is 0.515. The molecule has 0 aliphatic carbocycles. The number of anilines is 2. The highest BCUT2D eigenvalue weighted by molar-refractivity contribution is 5.84. The molecule has 0 aliphatic rings.